The average molecular weight is 245 g/mol. The number of hydrogen-bond acceptors (Lipinski definition) is 3. The van der Waals surface area contributed by atoms with E-state index in [0.717, 1.165) is 0 Å². The second-order valence-corrected chi connectivity index (χ2v) is 5.06. The van der Waals surface area contributed by atoms with Gasteiger partial charge in [-0.3, -0.25) is 4.79 Å². The Labute approximate surface area is 108 Å². The highest BCUT2D eigenvalue weighted by molar-refractivity contribution is 6.12. The topological polar surface area (TPSA) is 52.3 Å². The van der Waals surface area contributed by atoms with Crippen molar-refractivity contribution >= 4 is 11.5 Å². The molecule has 0 bridgehead atoms. The van der Waals surface area contributed by atoms with Crippen molar-refractivity contribution in [3.05, 3.63) is 29.8 Å². The molecule has 0 aromatic heterocycles. The molecule has 0 saturated heterocycles. The van der Waals surface area contributed by atoms with Gasteiger partial charge in [0.1, 0.15) is 6.10 Å². The molecule has 0 saturated carbocycles. The molecule has 0 spiro atoms. The molecular weight excluding hydrogens is 226 g/mol. The maximum absolute atomic E-state index is 11.8. The molecule has 1 rings (SSSR count). The van der Waals surface area contributed by atoms with Gasteiger partial charge in [-0.25, -0.2) is 0 Å². The summed E-state index contributed by atoms with van der Waals surface area (Å²) >= 11 is 0. The highest BCUT2D eigenvalue weighted by Crippen LogP contribution is 2.12. The van der Waals surface area contributed by atoms with E-state index in [1.54, 1.807) is 24.3 Å². The van der Waals surface area contributed by atoms with E-state index in [1.165, 1.54) is 0 Å². The van der Waals surface area contributed by atoms with Crippen molar-refractivity contribution in [3.63, 3.8) is 0 Å². The summed E-state index contributed by atoms with van der Waals surface area (Å²) in [5.41, 5.74) is 6.32. The molecule has 0 aliphatic carbocycles. The van der Waals surface area contributed by atoms with Gasteiger partial charge in [-0.05, 0) is 45.7 Å². The van der Waals surface area contributed by atoms with Crippen molar-refractivity contribution < 1.29 is 9.53 Å². The lowest BCUT2D eigenvalue weighted by molar-refractivity contribution is -0.0257. The highest BCUT2D eigenvalue weighted by Gasteiger charge is 2.13. The molecule has 96 valence electrons. The Hall–Kier alpha value is -1.79. The van der Waals surface area contributed by atoms with Crippen LogP contribution in [-0.4, -0.2) is 17.5 Å². The molecule has 1 aromatic rings. The zero-order chi connectivity index (χ0) is 13.8. The third-order valence-electron chi connectivity index (χ3n) is 2.12. The first kappa shape index (κ1) is 14.3. The smallest absolute Gasteiger partial charge is 0.238 e. The number of benzene rings is 1. The first-order chi connectivity index (χ1) is 8.29. The number of para-hydroxylation sites is 1. The Morgan fingerprint density at radius 3 is 2.50 bits per heavy atom. The van der Waals surface area contributed by atoms with E-state index < -0.39 is 0 Å². The van der Waals surface area contributed by atoms with Crippen LogP contribution in [0.2, 0.25) is 0 Å². The number of carbonyl (C=O) groups is 1. The summed E-state index contributed by atoms with van der Waals surface area (Å²) < 4.78 is 5.60. The number of anilines is 1. The van der Waals surface area contributed by atoms with Crippen LogP contribution in [-0.2, 0) is 4.74 Å². The van der Waals surface area contributed by atoms with Crippen LogP contribution in [0.4, 0.5) is 5.69 Å². The monoisotopic (exact) mass is 245 g/mol. The van der Waals surface area contributed by atoms with Gasteiger partial charge in [0.05, 0.1) is 11.2 Å². The molecule has 2 N–H and O–H groups in total. The summed E-state index contributed by atoms with van der Waals surface area (Å²) in [6.07, 6.45) is -0.293. The molecule has 0 fully saturated rings. The fourth-order valence-electron chi connectivity index (χ4n) is 1.50. The Bertz CT molecular complexity index is 489. The van der Waals surface area contributed by atoms with Crippen LogP contribution in [0.25, 0.3) is 0 Å². The molecule has 3 heteroatoms. The average Bonchev–Trinajstić information content (AvgIpc) is 2.24. The molecule has 1 aromatic carbocycles. The predicted molar refractivity (Wildman–Crippen MR) is 73.3 cm³/mol. The number of ether oxygens (including phenoxy) is 1. The van der Waals surface area contributed by atoms with E-state index in [-0.39, 0.29) is 17.5 Å². The number of rotatable bonds is 2. The lowest BCUT2D eigenvalue weighted by atomic mass is 10.1. The molecule has 0 amide bonds. The number of Topliss-reactive ketones (excluding diaryl/α,β-unsaturated/α-hetero) is 1. The molecular formula is C15H19NO2. The zero-order valence-electron chi connectivity index (χ0n) is 11.3. The second kappa shape index (κ2) is 5.70. The summed E-state index contributed by atoms with van der Waals surface area (Å²) in [4.78, 5) is 11.8. The summed E-state index contributed by atoms with van der Waals surface area (Å²) in [6, 6.07) is 6.90. The minimum atomic E-state index is -0.293. The molecule has 0 radical (unpaired) electrons. The van der Waals surface area contributed by atoms with Gasteiger partial charge in [0.15, 0.2) is 0 Å². The van der Waals surface area contributed by atoms with Crippen molar-refractivity contribution in [2.75, 3.05) is 5.73 Å². The second-order valence-electron chi connectivity index (χ2n) is 5.06. The zero-order valence-corrected chi connectivity index (χ0v) is 11.3. The van der Waals surface area contributed by atoms with Crippen LogP contribution in [0.15, 0.2) is 24.3 Å². The molecule has 0 aliphatic rings. The van der Waals surface area contributed by atoms with Crippen LogP contribution < -0.4 is 5.73 Å². The van der Waals surface area contributed by atoms with Crippen LogP contribution in [0.5, 0.6) is 0 Å². The SMILES string of the molecule is CC(C#CC(=O)c1ccccc1N)OC(C)(C)C. The molecule has 3 nitrogen and oxygen atoms in total. The standard InChI is InChI=1S/C15H19NO2/c1-11(18-15(2,3)4)9-10-14(17)12-7-5-6-8-13(12)16/h5-8,11H,16H2,1-4H3. The van der Waals surface area contributed by atoms with Crippen molar-refractivity contribution in [1.82, 2.24) is 0 Å². The number of hydrogen-bond donors (Lipinski definition) is 1. The van der Waals surface area contributed by atoms with Crippen LogP contribution >= 0.6 is 0 Å². The summed E-state index contributed by atoms with van der Waals surface area (Å²) in [6.45, 7) is 7.66. The van der Waals surface area contributed by atoms with Crippen LogP contribution in [0.3, 0.4) is 0 Å². The summed E-state index contributed by atoms with van der Waals surface area (Å²) in [5.74, 6) is 5.08. The summed E-state index contributed by atoms with van der Waals surface area (Å²) in [7, 11) is 0. The predicted octanol–water partition coefficient (Wildman–Crippen LogP) is 2.66. The minimum Gasteiger partial charge on any atom is -0.398 e. The van der Waals surface area contributed by atoms with E-state index in [4.69, 9.17) is 10.5 Å². The molecule has 1 atom stereocenters. The Morgan fingerprint density at radius 1 is 1.33 bits per heavy atom. The van der Waals surface area contributed by atoms with Crippen molar-refractivity contribution in [2.24, 2.45) is 0 Å². The van der Waals surface area contributed by atoms with Crippen LogP contribution in [0.1, 0.15) is 38.1 Å². The van der Waals surface area contributed by atoms with E-state index in [0.29, 0.717) is 11.3 Å². The molecule has 0 aliphatic heterocycles. The normalized spacial score (nSPS) is 12.4. The number of ketones is 1. The van der Waals surface area contributed by atoms with Gasteiger partial charge in [-0.1, -0.05) is 18.1 Å². The van der Waals surface area contributed by atoms with Crippen molar-refractivity contribution in [3.8, 4) is 11.8 Å². The number of nitrogens with two attached hydrogens (primary N) is 1. The van der Waals surface area contributed by atoms with Crippen LogP contribution in [0, 0.1) is 11.8 Å². The van der Waals surface area contributed by atoms with Crippen molar-refractivity contribution in [2.45, 2.75) is 39.4 Å². The number of nitrogen functional groups attached to an aromatic ring is 1. The lowest BCUT2D eigenvalue weighted by Gasteiger charge is -2.21. The fraction of sp³-hybridized carbons (Fsp3) is 0.400. The van der Waals surface area contributed by atoms with Gasteiger partial charge in [0.25, 0.3) is 0 Å². The van der Waals surface area contributed by atoms with Gasteiger partial charge in [0, 0.05) is 5.69 Å². The van der Waals surface area contributed by atoms with Gasteiger partial charge in [-0.2, -0.15) is 0 Å². The van der Waals surface area contributed by atoms with E-state index in [1.807, 2.05) is 27.7 Å². The maximum Gasteiger partial charge on any atom is 0.238 e. The van der Waals surface area contributed by atoms with E-state index >= 15 is 0 Å². The first-order valence-electron chi connectivity index (χ1n) is 5.88. The van der Waals surface area contributed by atoms with Gasteiger partial charge < -0.3 is 10.5 Å². The largest absolute Gasteiger partial charge is 0.398 e. The highest BCUT2D eigenvalue weighted by atomic mass is 16.5. The van der Waals surface area contributed by atoms with E-state index in [2.05, 4.69) is 11.8 Å². The van der Waals surface area contributed by atoms with Crippen molar-refractivity contribution in [1.29, 1.82) is 0 Å². The molecule has 0 heterocycles. The van der Waals surface area contributed by atoms with E-state index in [9.17, 15) is 4.79 Å². The Balaban J connectivity index is 2.75. The first-order valence-corrected chi connectivity index (χ1v) is 5.88. The third-order valence-corrected chi connectivity index (χ3v) is 2.12. The van der Waals surface area contributed by atoms with Gasteiger partial charge in [-0.15, -0.1) is 0 Å². The lowest BCUT2D eigenvalue weighted by Crippen LogP contribution is -2.24. The Morgan fingerprint density at radius 2 is 1.94 bits per heavy atom. The van der Waals surface area contributed by atoms with Gasteiger partial charge >= 0.3 is 0 Å². The molecule has 1 unspecified atom stereocenters. The van der Waals surface area contributed by atoms with Gasteiger partial charge in [0.2, 0.25) is 5.78 Å². The number of carbonyl (C=O) groups excluding carboxylic acids is 1. The Kier molecular flexibility index (Phi) is 4.52. The quantitative estimate of drug-likeness (QED) is 0.377. The third kappa shape index (κ3) is 4.60. The summed E-state index contributed by atoms with van der Waals surface area (Å²) in [5, 5.41) is 0. The fourth-order valence-corrected chi connectivity index (χ4v) is 1.50. The minimum absolute atomic E-state index is 0.275. The molecule has 18 heavy (non-hydrogen) atoms. The maximum atomic E-state index is 11.8.